The van der Waals surface area contributed by atoms with E-state index in [2.05, 4.69) is 12.2 Å². The molecule has 0 bridgehead atoms. The van der Waals surface area contributed by atoms with Crippen molar-refractivity contribution in [2.75, 3.05) is 13.1 Å². The van der Waals surface area contributed by atoms with E-state index in [0.29, 0.717) is 5.92 Å². The molecule has 0 saturated carbocycles. The van der Waals surface area contributed by atoms with E-state index in [0.717, 1.165) is 32.4 Å². The Hall–Kier alpha value is -0.0800. The molecule has 0 spiro atoms. The number of aliphatic hydroxyl groups excluding tert-OH is 1. The lowest BCUT2D eigenvalue weighted by Crippen LogP contribution is -2.33. The second-order valence-corrected chi connectivity index (χ2v) is 3.80. The maximum Gasteiger partial charge on any atom is 0.0569 e. The molecular formula is C10H21NO. The first-order chi connectivity index (χ1) is 5.84. The molecule has 1 aliphatic rings. The summed E-state index contributed by atoms with van der Waals surface area (Å²) in [5.41, 5.74) is 0. The molecule has 1 atom stereocenters. The van der Waals surface area contributed by atoms with Gasteiger partial charge in [-0.1, -0.05) is 19.8 Å². The molecule has 1 rings (SSSR count). The number of aliphatic hydroxyl groups is 1. The highest BCUT2D eigenvalue weighted by Gasteiger charge is 2.20. The maximum atomic E-state index is 9.78. The number of hydrogen-bond acceptors (Lipinski definition) is 2. The summed E-state index contributed by atoms with van der Waals surface area (Å²) in [7, 11) is 0. The van der Waals surface area contributed by atoms with Crippen LogP contribution in [-0.2, 0) is 0 Å². The summed E-state index contributed by atoms with van der Waals surface area (Å²) in [4.78, 5) is 0. The summed E-state index contributed by atoms with van der Waals surface area (Å²) in [5.74, 6) is 0.567. The minimum Gasteiger partial charge on any atom is -0.393 e. The number of rotatable bonds is 4. The van der Waals surface area contributed by atoms with Gasteiger partial charge in [-0.2, -0.15) is 0 Å². The van der Waals surface area contributed by atoms with E-state index in [9.17, 15) is 5.11 Å². The number of nitrogens with one attached hydrogen (secondary N) is 1. The molecule has 1 unspecified atom stereocenters. The van der Waals surface area contributed by atoms with Gasteiger partial charge in [0.1, 0.15) is 0 Å². The zero-order valence-electron chi connectivity index (χ0n) is 8.05. The Balaban J connectivity index is 2.15. The molecule has 0 radical (unpaired) electrons. The number of piperidine rings is 1. The summed E-state index contributed by atoms with van der Waals surface area (Å²) in [5, 5.41) is 13.1. The van der Waals surface area contributed by atoms with E-state index in [1.165, 1.54) is 12.8 Å². The van der Waals surface area contributed by atoms with Gasteiger partial charge in [0.2, 0.25) is 0 Å². The molecule has 0 aliphatic carbocycles. The van der Waals surface area contributed by atoms with Crippen LogP contribution in [0.1, 0.15) is 39.0 Å². The summed E-state index contributed by atoms with van der Waals surface area (Å²) >= 11 is 0. The highest BCUT2D eigenvalue weighted by molar-refractivity contribution is 4.74. The van der Waals surface area contributed by atoms with Crippen LogP contribution < -0.4 is 5.32 Å². The van der Waals surface area contributed by atoms with Crippen LogP contribution in [0.5, 0.6) is 0 Å². The zero-order valence-corrected chi connectivity index (χ0v) is 8.05. The molecule has 2 N–H and O–H groups in total. The van der Waals surface area contributed by atoms with Gasteiger partial charge in [-0.15, -0.1) is 0 Å². The third-order valence-electron chi connectivity index (χ3n) is 2.78. The van der Waals surface area contributed by atoms with E-state index in [1.807, 2.05) is 0 Å². The molecule has 12 heavy (non-hydrogen) atoms. The van der Waals surface area contributed by atoms with Crippen LogP contribution in [0.3, 0.4) is 0 Å². The molecule has 72 valence electrons. The average molecular weight is 171 g/mol. The van der Waals surface area contributed by atoms with Crippen molar-refractivity contribution in [2.45, 2.75) is 45.1 Å². The molecule has 1 aliphatic heterocycles. The fourth-order valence-electron chi connectivity index (χ4n) is 1.88. The third kappa shape index (κ3) is 3.11. The molecule has 0 aromatic carbocycles. The zero-order chi connectivity index (χ0) is 8.81. The second kappa shape index (κ2) is 5.55. The van der Waals surface area contributed by atoms with Crippen molar-refractivity contribution < 1.29 is 5.11 Å². The molecule has 1 saturated heterocycles. The lowest BCUT2D eigenvalue weighted by Gasteiger charge is -2.27. The van der Waals surface area contributed by atoms with Crippen LogP contribution in [0.2, 0.25) is 0 Å². The van der Waals surface area contributed by atoms with Crippen LogP contribution in [0, 0.1) is 5.92 Å². The van der Waals surface area contributed by atoms with Crippen LogP contribution in [0.25, 0.3) is 0 Å². The Morgan fingerprint density at radius 2 is 2.08 bits per heavy atom. The molecule has 2 heteroatoms. The summed E-state index contributed by atoms with van der Waals surface area (Å²) in [6.45, 7) is 4.36. The Morgan fingerprint density at radius 3 is 2.67 bits per heavy atom. The van der Waals surface area contributed by atoms with Crippen molar-refractivity contribution in [1.29, 1.82) is 0 Å². The van der Waals surface area contributed by atoms with E-state index < -0.39 is 0 Å². The number of unbranched alkanes of at least 4 members (excludes halogenated alkanes) is 1. The molecule has 1 fully saturated rings. The van der Waals surface area contributed by atoms with Crippen LogP contribution >= 0.6 is 0 Å². The summed E-state index contributed by atoms with van der Waals surface area (Å²) in [6.07, 6.45) is 5.65. The van der Waals surface area contributed by atoms with Gasteiger partial charge in [-0.25, -0.2) is 0 Å². The minimum atomic E-state index is -0.0351. The fraction of sp³-hybridized carbons (Fsp3) is 1.00. The molecule has 0 amide bonds. The monoisotopic (exact) mass is 171 g/mol. The van der Waals surface area contributed by atoms with Crippen molar-refractivity contribution in [1.82, 2.24) is 5.32 Å². The molecule has 0 aromatic rings. The molecule has 2 nitrogen and oxygen atoms in total. The van der Waals surface area contributed by atoms with Gasteiger partial charge in [0.05, 0.1) is 6.10 Å². The molecule has 0 aromatic heterocycles. The first-order valence-electron chi connectivity index (χ1n) is 5.23. The van der Waals surface area contributed by atoms with Crippen molar-refractivity contribution in [3.8, 4) is 0 Å². The van der Waals surface area contributed by atoms with Gasteiger partial charge in [0, 0.05) is 0 Å². The normalized spacial score (nSPS) is 22.5. The highest BCUT2D eigenvalue weighted by atomic mass is 16.3. The first-order valence-corrected chi connectivity index (χ1v) is 5.23. The van der Waals surface area contributed by atoms with Gasteiger partial charge >= 0.3 is 0 Å². The Morgan fingerprint density at radius 1 is 1.42 bits per heavy atom. The van der Waals surface area contributed by atoms with Crippen LogP contribution in [0.4, 0.5) is 0 Å². The van der Waals surface area contributed by atoms with E-state index in [-0.39, 0.29) is 6.10 Å². The van der Waals surface area contributed by atoms with Crippen molar-refractivity contribution >= 4 is 0 Å². The molecular weight excluding hydrogens is 150 g/mol. The van der Waals surface area contributed by atoms with Crippen molar-refractivity contribution in [3.63, 3.8) is 0 Å². The highest BCUT2D eigenvalue weighted by Crippen LogP contribution is 2.19. The van der Waals surface area contributed by atoms with Gasteiger partial charge in [-0.05, 0) is 38.3 Å². The lowest BCUT2D eigenvalue weighted by atomic mass is 9.89. The predicted octanol–water partition coefficient (Wildman–Crippen LogP) is 1.54. The second-order valence-electron chi connectivity index (χ2n) is 3.80. The number of hydrogen-bond donors (Lipinski definition) is 2. The van der Waals surface area contributed by atoms with Gasteiger partial charge in [-0.3, -0.25) is 0 Å². The van der Waals surface area contributed by atoms with Crippen LogP contribution in [0.15, 0.2) is 0 Å². The maximum absolute atomic E-state index is 9.78. The van der Waals surface area contributed by atoms with E-state index >= 15 is 0 Å². The predicted molar refractivity (Wildman–Crippen MR) is 51.1 cm³/mol. The standard InChI is InChI=1S/C10H21NO/c1-2-3-4-10(12)9-5-7-11-8-6-9/h9-12H,2-8H2,1H3. The molecule has 1 heterocycles. The van der Waals surface area contributed by atoms with Crippen LogP contribution in [-0.4, -0.2) is 24.3 Å². The Kier molecular flexibility index (Phi) is 4.62. The van der Waals surface area contributed by atoms with Gasteiger partial charge in [0.15, 0.2) is 0 Å². The SMILES string of the molecule is CCCCC(O)C1CCNCC1. The van der Waals surface area contributed by atoms with Gasteiger partial charge < -0.3 is 10.4 Å². The largest absolute Gasteiger partial charge is 0.393 e. The first kappa shape index (κ1) is 10.0. The van der Waals surface area contributed by atoms with Crippen molar-refractivity contribution in [2.24, 2.45) is 5.92 Å². The Bertz CT molecular complexity index is 110. The summed E-state index contributed by atoms with van der Waals surface area (Å²) < 4.78 is 0. The fourth-order valence-corrected chi connectivity index (χ4v) is 1.88. The third-order valence-corrected chi connectivity index (χ3v) is 2.78. The Labute approximate surface area is 75.4 Å². The quantitative estimate of drug-likeness (QED) is 0.672. The van der Waals surface area contributed by atoms with E-state index in [4.69, 9.17) is 0 Å². The lowest BCUT2D eigenvalue weighted by molar-refractivity contribution is 0.0790. The van der Waals surface area contributed by atoms with Crippen molar-refractivity contribution in [3.05, 3.63) is 0 Å². The van der Waals surface area contributed by atoms with E-state index in [1.54, 1.807) is 0 Å². The topological polar surface area (TPSA) is 32.3 Å². The minimum absolute atomic E-state index is 0.0351. The summed E-state index contributed by atoms with van der Waals surface area (Å²) in [6, 6.07) is 0. The smallest absolute Gasteiger partial charge is 0.0569 e. The van der Waals surface area contributed by atoms with Gasteiger partial charge in [0.25, 0.3) is 0 Å². The average Bonchev–Trinajstić information content (AvgIpc) is 2.15.